The van der Waals surface area contributed by atoms with Crippen LogP contribution in [0.2, 0.25) is 0 Å². The second kappa shape index (κ2) is 6.56. The molecular weight excluding hydrogens is 316 g/mol. The standard InChI is InChI=1S/C18H16N6O/c25-18(16-3-1-2-15-9-21-23-17(15)16)20-8-13-4-6-14(7-5-13)10-24-12-19-11-22-24/h1-7,9,11-12H,8,10H2,(H,20,25)(H,21,23). The van der Waals surface area contributed by atoms with Crippen LogP contribution in [0.3, 0.4) is 0 Å². The molecule has 0 unspecified atom stereocenters. The summed E-state index contributed by atoms with van der Waals surface area (Å²) < 4.78 is 1.77. The molecule has 0 atom stereocenters. The molecule has 0 bridgehead atoms. The summed E-state index contributed by atoms with van der Waals surface area (Å²) in [5.41, 5.74) is 3.51. The van der Waals surface area contributed by atoms with Gasteiger partial charge in [-0.2, -0.15) is 10.2 Å². The fourth-order valence-corrected chi connectivity index (χ4v) is 2.70. The second-order valence-electron chi connectivity index (χ2n) is 5.73. The summed E-state index contributed by atoms with van der Waals surface area (Å²) in [6.45, 7) is 1.14. The lowest BCUT2D eigenvalue weighted by atomic mass is 10.1. The molecule has 2 N–H and O–H groups in total. The van der Waals surface area contributed by atoms with Crippen LogP contribution in [0, 0.1) is 0 Å². The van der Waals surface area contributed by atoms with Gasteiger partial charge in [0.1, 0.15) is 12.7 Å². The predicted molar refractivity (Wildman–Crippen MR) is 92.8 cm³/mol. The lowest BCUT2D eigenvalue weighted by Crippen LogP contribution is -2.23. The maximum atomic E-state index is 12.4. The Balaban J connectivity index is 1.41. The number of benzene rings is 2. The molecule has 0 saturated heterocycles. The van der Waals surface area contributed by atoms with E-state index in [0.717, 1.165) is 22.0 Å². The summed E-state index contributed by atoms with van der Waals surface area (Å²) in [5.74, 6) is -0.124. The van der Waals surface area contributed by atoms with Gasteiger partial charge in [0, 0.05) is 11.9 Å². The number of amides is 1. The number of H-pyrrole nitrogens is 1. The van der Waals surface area contributed by atoms with Gasteiger partial charge >= 0.3 is 0 Å². The van der Waals surface area contributed by atoms with E-state index < -0.39 is 0 Å². The molecule has 0 fully saturated rings. The molecule has 0 saturated carbocycles. The molecule has 4 rings (SSSR count). The Morgan fingerprint density at radius 3 is 2.76 bits per heavy atom. The highest BCUT2D eigenvalue weighted by Crippen LogP contribution is 2.15. The van der Waals surface area contributed by atoms with E-state index in [2.05, 4.69) is 25.6 Å². The van der Waals surface area contributed by atoms with Crippen LogP contribution in [0.15, 0.2) is 61.3 Å². The van der Waals surface area contributed by atoms with Gasteiger partial charge < -0.3 is 5.32 Å². The fourth-order valence-electron chi connectivity index (χ4n) is 2.70. The zero-order valence-electron chi connectivity index (χ0n) is 13.4. The third-order valence-electron chi connectivity index (χ3n) is 4.01. The normalized spacial score (nSPS) is 10.9. The van der Waals surface area contributed by atoms with Crippen LogP contribution >= 0.6 is 0 Å². The molecule has 0 aliphatic carbocycles. The van der Waals surface area contributed by atoms with Gasteiger partial charge in [-0.25, -0.2) is 9.67 Å². The Labute approximate surface area is 143 Å². The van der Waals surface area contributed by atoms with Crippen LogP contribution in [0.25, 0.3) is 10.9 Å². The topological polar surface area (TPSA) is 88.5 Å². The van der Waals surface area contributed by atoms with Crippen molar-refractivity contribution in [2.24, 2.45) is 0 Å². The smallest absolute Gasteiger partial charge is 0.253 e. The number of carbonyl (C=O) groups excluding carboxylic acids is 1. The Morgan fingerprint density at radius 1 is 1.12 bits per heavy atom. The number of hydrogen-bond acceptors (Lipinski definition) is 4. The van der Waals surface area contributed by atoms with E-state index in [1.165, 1.54) is 6.33 Å². The molecule has 0 aliphatic heterocycles. The van der Waals surface area contributed by atoms with Crippen LogP contribution in [-0.2, 0) is 13.1 Å². The van der Waals surface area contributed by atoms with E-state index in [4.69, 9.17) is 0 Å². The lowest BCUT2D eigenvalue weighted by Gasteiger charge is -2.07. The molecule has 2 aromatic carbocycles. The third kappa shape index (κ3) is 3.25. The molecule has 4 aromatic rings. The van der Waals surface area contributed by atoms with E-state index in [1.807, 2.05) is 36.4 Å². The molecule has 124 valence electrons. The number of para-hydroxylation sites is 1. The minimum Gasteiger partial charge on any atom is -0.348 e. The van der Waals surface area contributed by atoms with Crippen molar-refractivity contribution in [1.29, 1.82) is 0 Å². The summed E-state index contributed by atoms with van der Waals surface area (Å²) in [6, 6.07) is 13.6. The number of aromatic amines is 1. The summed E-state index contributed by atoms with van der Waals surface area (Å²) in [5, 5.41) is 14.8. The molecular formula is C18H16N6O. The van der Waals surface area contributed by atoms with E-state index in [9.17, 15) is 4.79 Å². The van der Waals surface area contributed by atoms with Crippen LogP contribution in [0.5, 0.6) is 0 Å². The summed E-state index contributed by atoms with van der Waals surface area (Å²) in [7, 11) is 0. The highest BCUT2D eigenvalue weighted by atomic mass is 16.1. The first kappa shape index (κ1) is 15.1. The molecule has 7 nitrogen and oxygen atoms in total. The molecule has 2 aromatic heterocycles. The minimum atomic E-state index is -0.124. The monoisotopic (exact) mass is 332 g/mol. The number of nitrogens with one attached hydrogen (secondary N) is 2. The molecule has 0 radical (unpaired) electrons. The van der Waals surface area contributed by atoms with Gasteiger partial charge in [0.15, 0.2) is 0 Å². The molecule has 0 spiro atoms. The summed E-state index contributed by atoms with van der Waals surface area (Å²) >= 11 is 0. The van der Waals surface area contributed by atoms with Gasteiger partial charge in [-0.15, -0.1) is 0 Å². The Morgan fingerprint density at radius 2 is 1.96 bits per heavy atom. The number of fused-ring (bicyclic) bond motifs is 1. The molecule has 2 heterocycles. The van der Waals surface area contributed by atoms with Crippen molar-refractivity contribution in [3.63, 3.8) is 0 Å². The Kier molecular flexibility index (Phi) is 3.96. The maximum Gasteiger partial charge on any atom is 0.253 e. The SMILES string of the molecule is O=C(NCc1ccc(Cn2cncn2)cc1)c1cccc2cn[nH]c12. The van der Waals surface area contributed by atoms with Gasteiger partial charge in [-0.3, -0.25) is 9.89 Å². The number of carbonyl (C=O) groups is 1. The quantitative estimate of drug-likeness (QED) is 0.586. The van der Waals surface area contributed by atoms with Gasteiger partial charge in [-0.05, 0) is 17.2 Å². The minimum absolute atomic E-state index is 0.124. The van der Waals surface area contributed by atoms with Crippen molar-refractivity contribution in [2.75, 3.05) is 0 Å². The van der Waals surface area contributed by atoms with Gasteiger partial charge in [-0.1, -0.05) is 36.4 Å². The number of rotatable bonds is 5. The van der Waals surface area contributed by atoms with E-state index >= 15 is 0 Å². The third-order valence-corrected chi connectivity index (χ3v) is 4.01. The molecule has 7 heteroatoms. The average molecular weight is 332 g/mol. The molecule has 25 heavy (non-hydrogen) atoms. The van der Waals surface area contributed by atoms with Gasteiger partial charge in [0.25, 0.3) is 5.91 Å². The van der Waals surface area contributed by atoms with Crippen molar-refractivity contribution >= 4 is 16.8 Å². The van der Waals surface area contributed by atoms with Crippen molar-refractivity contribution < 1.29 is 4.79 Å². The summed E-state index contributed by atoms with van der Waals surface area (Å²) in [4.78, 5) is 16.4. The Hall–Kier alpha value is -3.48. The zero-order valence-corrected chi connectivity index (χ0v) is 13.4. The number of hydrogen-bond donors (Lipinski definition) is 2. The van der Waals surface area contributed by atoms with Gasteiger partial charge in [0.2, 0.25) is 0 Å². The fraction of sp³-hybridized carbons (Fsp3) is 0.111. The first-order valence-corrected chi connectivity index (χ1v) is 7.90. The van der Waals surface area contributed by atoms with E-state index in [0.29, 0.717) is 18.7 Å². The van der Waals surface area contributed by atoms with Crippen LogP contribution in [0.4, 0.5) is 0 Å². The van der Waals surface area contributed by atoms with Crippen LogP contribution in [0.1, 0.15) is 21.5 Å². The highest BCUT2D eigenvalue weighted by Gasteiger charge is 2.10. The van der Waals surface area contributed by atoms with E-state index in [-0.39, 0.29) is 5.91 Å². The molecule has 1 amide bonds. The number of nitrogens with zero attached hydrogens (tertiary/aromatic N) is 4. The average Bonchev–Trinajstić information content (AvgIpc) is 3.32. The van der Waals surface area contributed by atoms with Crippen molar-refractivity contribution in [2.45, 2.75) is 13.1 Å². The largest absolute Gasteiger partial charge is 0.348 e. The second-order valence-corrected chi connectivity index (χ2v) is 5.73. The van der Waals surface area contributed by atoms with Crippen LogP contribution in [-0.4, -0.2) is 30.9 Å². The van der Waals surface area contributed by atoms with Crippen molar-refractivity contribution in [3.8, 4) is 0 Å². The predicted octanol–water partition coefficient (Wildman–Crippen LogP) is 2.13. The molecule has 0 aliphatic rings. The number of aromatic nitrogens is 5. The van der Waals surface area contributed by atoms with Crippen molar-refractivity contribution in [1.82, 2.24) is 30.3 Å². The first-order chi connectivity index (χ1) is 12.3. The zero-order chi connectivity index (χ0) is 17.1. The first-order valence-electron chi connectivity index (χ1n) is 7.90. The maximum absolute atomic E-state index is 12.4. The van der Waals surface area contributed by atoms with Crippen molar-refractivity contribution in [3.05, 3.63) is 78.0 Å². The van der Waals surface area contributed by atoms with Crippen LogP contribution < -0.4 is 5.32 Å². The lowest BCUT2D eigenvalue weighted by molar-refractivity contribution is 0.0952. The highest BCUT2D eigenvalue weighted by molar-refractivity contribution is 6.05. The summed E-state index contributed by atoms with van der Waals surface area (Å²) in [6.07, 6.45) is 4.91. The Bertz CT molecular complexity index is 988. The van der Waals surface area contributed by atoms with E-state index in [1.54, 1.807) is 23.3 Å². The van der Waals surface area contributed by atoms with Gasteiger partial charge in [0.05, 0.1) is 23.8 Å².